The summed E-state index contributed by atoms with van der Waals surface area (Å²) < 4.78 is 15.6. The number of rotatable bonds is 7. The molecule has 0 aromatic heterocycles. The highest BCUT2D eigenvalue weighted by Crippen LogP contribution is 2.28. The standard InChI is InChI=1S/C24H20ClN3O6/c1-32-18-9-10-21(33-2)20(13-18)27-22(29)23(30)28-26-14-15-5-3-8-19(11-15)34-24(31)16-6-4-7-17(25)12-16/h3-14H,1-2H3,(H,27,29)(H,28,30). The lowest BCUT2D eigenvalue weighted by atomic mass is 10.2. The summed E-state index contributed by atoms with van der Waals surface area (Å²) in [6.45, 7) is 0. The van der Waals surface area contributed by atoms with Gasteiger partial charge in [-0.1, -0.05) is 29.8 Å². The molecule has 0 spiro atoms. The summed E-state index contributed by atoms with van der Waals surface area (Å²) in [5, 5.41) is 6.63. The second-order valence-electron chi connectivity index (χ2n) is 6.69. The third-order valence-electron chi connectivity index (χ3n) is 4.37. The number of hydrogen-bond acceptors (Lipinski definition) is 7. The quantitative estimate of drug-likeness (QED) is 0.175. The number of nitrogens with zero attached hydrogens (tertiary/aromatic N) is 1. The molecule has 0 aliphatic rings. The molecule has 174 valence electrons. The predicted octanol–water partition coefficient (Wildman–Crippen LogP) is 3.67. The van der Waals surface area contributed by atoms with E-state index in [0.29, 0.717) is 27.6 Å². The van der Waals surface area contributed by atoms with Crippen LogP contribution < -0.4 is 25.0 Å². The lowest BCUT2D eigenvalue weighted by Crippen LogP contribution is -2.32. The third kappa shape index (κ3) is 6.57. The molecule has 9 nitrogen and oxygen atoms in total. The van der Waals surface area contributed by atoms with E-state index in [4.69, 9.17) is 25.8 Å². The van der Waals surface area contributed by atoms with E-state index in [1.165, 1.54) is 32.6 Å². The smallest absolute Gasteiger partial charge is 0.343 e. The molecule has 10 heteroatoms. The number of carbonyl (C=O) groups excluding carboxylic acids is 3. The zero-order valence-corrected chi connectivity index (χ0v) is 19.0. The Kier molecular flexibility index (Phi) is 8.20. The van der Waals surface area contributed by atoms with Crippen LogP contribution in [0.5, 0.6) is 17.2 Å². The van der Waals surface area contributed by atoms with Crippen molar-refractivity contribution in [3.63, 3.8) is 0 Å². The van der Waals surface area contributed by atoms with Gasteiger partial charge < -0.3 is 19.5 Å². The van der Waals surface area contributed by atoms with Crippen LogP contribution >= 0.6 is 11.6 Å². The third-order valence-corrected chi connectivity index (χ3v) is 4.60. The number of esters is 1. The Morgan fingerprint density at radius 3 is 2.41 bits per heavy atom. The fraction of sp³-hybridized carbons (Fsp3) is 0.0833. The fourth-order valence-corrected chi connectivity index (χ4v) is 2.94. The maximum Gasteiger partial charge on any atom is 0.343 e. The number of anilines is 1. The molecule has 0 atom stereocenters. The van der Waals surface area contributed by atoms with Crippen molar-refractivity contribution in [2.45, 2.75) is 0 Å². The molecule has 2 N–H and O–H groups in total. The van der Waals surface area contributed by atoms with E-state index in [0.717, 1.165) is 0 Å². The Bertz CT molecular complexity index is 1240. The number of methoxy groups -OCH3 is 2. The van der Waals surface area contributed by atoms with Crippen LogP contribution in [-0.4, -0.2) is 38.2 Å². The van der Waals surface area contributed by atoms with Gasteiger partial charge in [0.15, 0.2) is 0 Å². The molecular formula is C24H20ClN3O6. The van der Waals surface area contributed by atoms with Crippen LogP contribution in [0.1, 0.15) is 15.9 Å². The first kappa shape index (κ1) is 24.3. The van der Waals surface area contributed by atoms with Crippen molar-refractivity contribution in [2.75, 3.05) is 19.5 Å². The van der Waals surface area contributed by atoms with Crippen LogP contribution in [0.3, 0.4) is 0 Å². The number of halogens is 1. The van der Waals surface area contributed by atoms with Crippen LogP contribution in [0.15, 0.2) is 71.8 Å². The molecule has 2 amide bonds. The van der Waals surface area contributed by atoms with Gasteiger partial charge in [0.2, 0.25) is 0 Å². The molecule has 34 heavy (non-hydrogen) atoms. The van der Waals surface area contributed by atoms with Gasteiger partial charge in [0.1, 0.15) is 17.2 Å². The molecule has 0 aliphatic carbocycles. The molecule has 0 aliphatic heterocycles. The molecule has 0 bridgehead atoms. The molecule has 3 aromatic carbocycles. The summed E-state index contributed by atoms with van der Waals surface area (Å²) in [6.07, 6.45) is 1.30. The second kappa shape index (κ2) is 11.5. The summed E-state index contributed by atoms with van der Waals surface area (Å²) in [5.41, 5.74) is 3.22. The normalized spacial score (nSPS) is 10.4. The lowest BCUT2D eigenvalue weighted by Gasteiger charge is -2.11. The van der Waals surface area contributed by atoms with Gasteiger partial charge >= 0.3 is 17.8 Å². The van der Waals surface area contributed by atoms with Gasteiger partial charge in [0.05, 0.1) is 31.7 Å². The summed E-state index contributed by atoms with van der Waals surface area (Å²) in [4.78, 5) is 36.6. The highest BCUT2D eigenvalue weighted by molar-refractivity contribution is 6.39. The van der Waals surface area contributed by atoms with Gasteiger partial charge in [-0.15, -0.1) is 0 Å². The molecule has 0 saturated heterocycles. The highest BCUT2D eigenvalue weighted by Gasteiger charge is 2.16. The molecule has 0 saturated carbocycles. The summed E-state index contributed by atoms with van der Waals surface area (Å²) in [5.74, 6) is -1.42. The van der Waals surface area contributed by atoms with Crippen molar-refractivity contribution >= 4 is 41.3 Å². The first-order valence-corrected chi connectivity index (χ1v) is 10.2. The van der Waals surface area contributed by atoms with Gasteiger partial charge in [0, 0.05) is 11.1 Å². The minimum absolute atomic E-state index is 0.264. The van der Waals surface area contributed by atoms with Crippen molar-refractivity contribution in [1.82, 2.24) is 5.43 Å². The largest absolute Gasteiger partial charge is 0.497 e. The second-order valence-corrected chi connectivity index (χ2v) is 7.13. The number of nitrogens with one attached hydrogen (secondary N) is 2. The van der Waals surface area contributed by atoms with Crippen LogP contribution in [0.2, 0.25) is 5.02 Å². The monoisotopic (exact) mass is 481 g/mol. The highest BCUT2D eigenvalue weighted by atomic mass is 35.5. The Hall–Kier alpha value is -4.37. The maximum absolute atomic E-state index is 12.3. The van der Waals surface area contributed by atoms with E-state index in [1.54, 1.807) is 54.6 Å². The SMILES string of the molecule is COc1ccc(OC)c(NC(=O)C(=O)NN=Cc2cccc(OC(=O)c3cccc(Cl)c3)c2)c1. The van der Waals surface area contributed by atoms with Gasteiger partial charge in [-0.2, -0.15) is 5.10 Å². The van der Waals surface area contributed by atoms with Crippen LogP contribution in [0.4, 0.5) is 5.69 Å². The molecule has 0 heterocycles. The number of hydrogen-bond donors (Lipinski definition) is 2. The first-order chi connectivity index (χ1) is 16.4. The number of amides is 2. The summed E-state index contributed by atoms with van der Waals surface area (Å²) in [7, 11) is 2.91. The minimum Gasteiger partial charge on any atom is -0.497 e. The van der Waals surface area contributed by atoms with Gasteiger partial charge in [-0.3, -0.25) is 9.59 Å². The Labute approximate surface area is 200 Å². The number of hydrazone groups is 1. The van der Waals surface area contributed by atoms with Gasteiger partial charge in [-0.25, -0.2) is 10.2 Å². The number of ether oxygens (including phenoxy) is 3. The van der Waals surface area contributed by atoms with Crippen molar-refractivity contribution < 1.29 is 28.6 Å². The zero-order valence-electron chi connectivity index (χ0n) is 18.2. The fourth-order valence-electron chi connectivity index (χ4n) is 2.75. The summed E-state index contributed by atoms with van der Waals surface area (Å²) in [6, 6.07) is 17.6. The number of benzene rings is 3. The first-order valence-electron chi connectivity index (χ1n) is 9.84. The molecule has 3 rings (SSSR count). The van der Waals surface area contributed by atoms with Gasteiger partial charge in [0.25, 0.3) is 0 Å². The molecule has 0 unspecified atom stereocenters. The van der Waals surface area contributed by atoms with Gasteiger partial charge in [-0.05, 0) is 48.0 Å². The topological polar surface area (TPSA) is 115 Å². The van der Waals surface area contributed by atoms with Crippen LogP contribution in [0.25, 0.3) is 0 Å². The molecule has 0 fully saturated rings. The average Bonchev–Trinajstić information content (AvgIpc) is 2.84. The molecular weight excluding hydrogens is 462 g/mol. The molecule has 3 aromatic rings. The zero-order chi connectivity index (χ0) is 24.5. The van der Waals surface area contributed by atoms with Crippen LogP contribution in [0, 0.1) is 0 Å². The van der Waals surface area contributed by atoms with Crippen molar-refractivity contribution in [1.29, 1.82) is 0 Å². The minimum atomic E-state index is -0.996. The van der Waals surface area contributed by atoms with Crippen molar-refractivity contribution in [3.05, 3.63) is 82.9 Å². The van der Waals surface area contributed by atoms with Crippen LogP contribution in [-0.2, 0) is 9.59 Å². The van der Waals surface area contributed by atoms with Crippen molar-refractivity contribution in [3.8, 4) is 17.2 Å². The predicted molar refractivity (Wildman–Crippen MR) is 127 cm³/mol. The van der Waals surface area contributed by atoms with E-state index < -0.39 is 17.8 Å². The summed E-state index contributed by atoms with van der Waals surface area (Å²) >= 11 is 5.90. The Morgan fingerprint density at radius 1 is 0.882 bits per heavy atom. The van der Waals surface area contributed by atoms with Crippen molar-refractivity contribution in [2.24, 2.45) is 5.10 Å². The van der Waals surface area contributed by atoms with E-state index in [2.05, 4.69) is 15.8 Å². The number of carbonyl (C=O) groups is 3. The maximum atomic E-state index is 12.3. The Morgan fingerprint density at radius 2 is 1.68 bits per heavy atom. The molecule has 0 radical (unpaired) electrons. The van der Waals surface area contributed by atoms with E-state index in [1.807, 2.05) is 0 Å². The van der Waals surface area contributed by atoms with E-state index >= 15 is 0 Å². The Balaban J connectivity index is 1.59. The lowest BCUT2D eigenvalue weighted by molar-refractivity contribution is -0.136. The average molecular weight is 482 g/mol. The van der Waals surface area contributed by atoms with E-state index in [9.17, 15) is 14.4 Å². The van der Waals surface area contributed by atoms with E-state index in [-0.39, 0.29) is 11.4 Å².